The lowest BCUT2D eigenvalue weighted by Gasteiger charge is -2.28. The van der Waals surface area contributed by atoms with Crippen LogP contribution >= 0.6 is 0 Å². The maximum absolute atomic E-state index is 13.0. The van der Waals surface area contributed by atoms with Gasteiger partial charge >= 0.3 is 12.1 Å². The Balaban J connectivity index is 1.26. The summed E-state index contributed by atoms with van der Waals surface area (Å²) in [6, 6.07) is 22.1. The smallest absolute Gasteiger partial charge is 0.408 e. The highest BCUT2D eigenvalue weighted by Crippen LogP contribution is 2.44. The Morgan fingerprint density at radius 2 is 1.31 bits per heavy atom. The summed E-state index contributed by atoms with van der Waals surface area (Å²) in [4.78, 5) is 56.0. The number of ether oxygens (including phenoxy) is 1. The summed E-state index contributed by atoms with van der Waals surface area (Å²) in [6.45, 7) is 3.20. The van der Waals surface area contributed by atoms with E-state index in [-0.39, 0.29) is 30.1 Å². The first-order valence-corrected chi connectivity index (χ1v) is 11.7. The van der Waals surface area contributed by atoms with Crippen molar-refractivity contribution in [1.29, 1.82) is 0 Å². The third-order valence-corrected chi connectivity index (χ3v) is 6.81. The van der Waals surface area contributed by atoms with Crippen LogP contribution in [0, 0.1) is 0 Å². The topological polar surface area (TPSA) is 102 Å². The predicted octanol–water partition coefficient (Wildman–Crippen LogP) is 4.45. The quantitative estimate of drug-likeness (QED) is 0.519. The number of hydroxylamine groups is 2. The minimum Gasteiger partial charge on any atom is -0.449 e. The van der Waals surface area contributed by atoms with Gasteiger partial charge in [0, 0.05) is 5.92 Å². The summed E-state index contributed by atoms with van der Waals surface area (Å²) in [5.41, 5.74) is 3.10. The number of fused-ring (bicyclic) bond motifs is 4. The van der Waals surface area contributed by atoms with Gasteiger partial charge in [-0.3, -0.25) is 9.59 Å². The van der Waals surface area contributed by atoms with Crippen LogP contribution in [-0.4, -0.2) is 41.1 Å². The molecule has 8 heteroatoms. The van der Waals surface area contributed by atoms with E-state index < -0.39 is 29.4 Å². The molecule has 36 heavy (non-hydrogen) atoms. The van der Waals surface area contributed by atoms with Crippen molar-refractivity contribution in [3.63, 3.8) is 0 Å². The maximum Gasteiger partial charge on any atom is 0.408 e. The molecule has 0 fully saturated rings. The van der Waals surface area contributed by atoms with Crippen LogP contribution in [0.5, 0.6) is 0 Å². The highest BCUT2D eigenvalue weighted by atomic mass is 16.7. The van der Waals surface area contributed by atoms with Crippen molar-refractivity contribution < 1.29 is 28.8 Å². The van der Waals surface area contributed by atoms with Crippen LogP contribution in [0.2, 0.25) is 0 Å². The third kappa shape index (κ3) is 3.80. The van der Waals surface area contributed by atoms with E-state index in [4.69, 9.17) is 9.57 Å². The molecule has 1 atom stereocenters. The molecule has 5 rings (SSSR count). The fraction of sp³-hybridized carbons (Fsp3) is 0.214. The number of hydrogen-bond donors (Lipinski definition) is 1. The van der Waals surface area contributed by atoms with E-state index in [1.807, 2.05) is 48.5 Å². The molecular weight excluding hydrogens is 460 g/mol. The minimum atomic E-state index is -1.53. The Morgan fingerprint density at radius 3 is 1.81 bits per heavy atom. The number of benzene rings is 3. The van der Waals surface area contributed by atoms with Gasteiger partial charge in [-0.25, -0.2) is 9.59 Å². The Hall–Kier alpha value is -4.46. The molecule has 0 radical (unpaired) electrons. The van der Waals surface area contributed by atoms with Crippen LogP contribution in [0.1, 0.15) is 58.0 Å². The van der Waals surface area contributed by atoms with Crippen LogP contribution in [0.4, 0.5) is 4.79 Å². The molecule has 3 aromatic rings. The highest BCUT2D eigenvalue weighted by Gasteiger charge is 2.43. The summed E-state index contributed by atoms with van der Waals surface area (Å²) in [6.07, 6.45) is -0.667. The van der Waals surface area contributed by atoms with Gasteiger partial charge in [-0.15, -0.1) is 0 Å². The SMILES string of the molecule is CCC(C)(NC(=O)OCC1c2ccccc2-c2ccccc21)C(=O)ON1C(=O)c2ccccc2C1=O. The maximum atomic E-state index is 13.0. The molecule has 0 aromatic heterocycles. The zero-order valence-corrected chi connectivity index (χ0v) is 19.8. The van der Waals surface area contributed by atoms with Gasteiger partial charge in [0.2, 0.25) is 0 Å². The Bertz CT molecular complexity index is 1320. The van der Waals surface area contributed by atoms with Crippen LogP contribution in [0.3, 0.4) is 0 Å². The second kappa shape index (κ2) is 8.96. The molecule has 0 saturated carbocycles. The van der Waals surface area contributed by atoms with Gasteiger partial charge in [0.05, 0.1) is 11.1 Å². The van der Waals surface area contributed by atoms with Crippen LogP contribution < -0.4 is 5.32 Å². The third-order valence-electron chi connectivity index (χ3n) is 6.81. The summed E-state index contributed by atoms with van der Waals surface area (Å²) in [5, 5.41) is 2.99. The Kier molecular flexibility index (Phi) is 5.80. The van der Waals surface area contributed by atoms with Crippen molar-refractivity contribution in [1.82, 2.24) is 10.4 Å². The fourth-order valence-electron chi connectivity index (χ4n) is 4.58. The fourth-order valence-corrected chi connectivity index (χ4v) is 4.58. The van der Waals surface area contributed by atoms with E-state index in [0.29, 0.717) is 5.06 Å². The molecular formula is C28H24N2O6. The molecule has 3 amide bonds. The molecule has 182 valence electrons. The Morgan fingerprint density at radius 1 is 0.833 bits per heavy atom. The monoisotopic (exact) mass is 484 g/mol. The zero-order valence-electron chi connectivity index (χ0n) is 19.8. The van der Waals surface area contributed by atoms with E-state index in [1.54, 1.807) is 19.1 Å². The molecule has 3 aromatic carbocycles. The lowest BCUT2D eigenvalue weighted by Crippen LogP contribution is -2.54. The van der Waals surface area contributed by atoms with Gasteiger partial charge in [-0.1, -0.05) is 72.7 Å². The van der Waals surface area contributed by atoms with Gasteiger partial charge < -0.3 is 14.9 Å². The molecule has 0 spiro atoms. The van der Waals surface area contributed by atoms with Crippen LogP contribution in [-0.2, 0) is 14.4 Å². The van der Waals surface area contributed by atoms with E-state index in [9.17, 15) is 19.2 Å². The molecule has 8 nitrogen and oxygen atoms in total. The zero-order chi connectivity index (χ0) is 25.4. The Labute approximate surface area is 207 Å². The summed E-state index contributed by atoms with van der Waals surface area (Å²) in [5.74, 6) is -2.55. The molecule has 1 N–H and O–H groups in total. The summed E-state index contributed by atoms with van der Waals surface area (Å²) < 4.78 is 5.54. The molecule has 1 aliphatic carbocycles. The number of carbonyl (C=O) groups is 4. The molecule has 1 unspecified atom stereocenters. The second-order valence-electron chi connectivity index (χ2n) is 8.97. The summed E-state index contributed by atoms with van der Waals surface area (Å²) >= 11 is 0. The van der Waals surface area contributed by atoms with Crippen molar-refractivity contribution in [2.75, 3.05) is 6.61 Å². The van der Waals surface area contributed by atoms with Gasteiger partial charge in [-0.2, -0.15) is 0 Å². The predicted molar refractivity (Wildman–Crippen MR) is 130 cm³/mol. The first-order valence-electron chi connectivity index (χ1n) is 11.7. The van der Waals surface area contributed by atoms with Crippen molar-refractivity contribution in [3.05, 3.63) is 95.1 Å². The highest BCUT2D eigenvalue weighted by molar-refractivity contribution is 6.21. The number of amides is 3. The lowest BCUT2D eigenvalue weighted by molar-refractivity contribution is -0.176. The largest absolute Gasteiger partial charge is 0.449 e. The first-order chi connectivity index (χ1) is 17.3. The second-order valence-corrected chi connectivity index (χ2v) is 8.97. The average molecular weight is 485 g/mol. The first kappa shape index (κ1) is 23.3. The molecule has 1 aliphatic heterocycles. The van der Waals surface area contributed by atoms with E-state index in [2.05, 4.69) is 5.32 Å². The van der Waals surface area contributed by atoms with Crippen molar-refractivity contribution >= 4 is 23.9 Å². The number of alkyl carbamates (subject to hydrolysis) is 1. The number of rotatable bonds is 6. The van der Waals surface area contributed by atoms with E-state index >= 15 is 0 Å². The molecule has 2 aliphatic rings. The van der Waals surface area contributed by atoms with Crippen molar-refractivity contribution in [2.24, 2.45) is 0 Å². The lowest BCUT2D eigenvalue weighted by atomic mass is 9.98. The van der Waals surface area contributed by atoms with Gasteiger partial charge in [0.15, 0.2) is 0 Å². The number of nitrogens with one attached hydrogen (secondary N) is 1. The normalized spacial score (nSPS) is 15.6. The number of nitrogens with zero attached hydrogens (tertiary/aromatic N) is 1. The molecule has 0 saturated heterocycles. The average Bonchev–Trinajstić information content (AvgIpc) is 3.34. The standard InChI is InChI=1S/C28H24N2O6/c1-3-28(2,26(33)36-30-24(31)21-14-8-9-15-22(21)25(30)32)29-27(34)35-16-23-19-12-6-4-10-17(19)18-11-5-7-13-20(18)23/h4-15,23H,3,16H2,1-2H3,(H,29,34). The number of carbonyl (C=O) groups excluding carboxylic acids is 4. The summed E-state index contributed by atoms with van der Waals surface area (Å²) in [7, 11) is 0. The molecule has 0 bridgehead atoms. The van der Waals surface area contributed by atoms with Crippen molar-refractivity contribution in [2.45, 2.75) is 31.7 Å². The van der Waals surface area contributed by atoms with Gasteiger partial charge in [-0.05, 0) is 47.7 Å². The minimum absolute atomic E-state index is 0.0765. The van der Waals surface area contributed by atoms with Crippen LogP contribution in [0.15, 0.2) is 72.8 Å². The van der Waals surface area contributed by atoms with Crippen LogP contribution in [0.25, 0.3) is 11.1 Å². The van der Waals surface area contributed by atoms with E-state index in [1.165, 1.54) is 19.1 Å². The van der Waals surface area contributed by atoms with Gasteiger partial charge in [0.25, 0.3) is 11.8 Å². The number of hydrogen-bond acceptors (Lipinski definition) is 6. The number of imide groups is 1. The van der Waals surface area contributed by atoms with Crippen molar-refractivity contribution in [3.8, 4) is 11.1 Å². The van der Waals surface area contributed by atoms with E-state index in [0.717, 1.165) is 22.3 Å². The van der Waals surface area contributed by atoms with Gasteiger partial charge in [0.1, 0.15) is 12.1 Å². The molecule has 1 heterocycles.